The van der Waals surface area contributed by atoms with E-state index in [0.717, 1.165) is 43.8 Å². The molecule has 118 valence electrons. The zero-order valence-electron chi connectivity index (χ0n) is 13.5. The first-order valence-electron chi connectivity index (χ1n) is 8.14. The van der Waals surface area contributed by atoms with E-state index in [2.05, 4.69) is 38.2 Å². The SMILES string of the molecule is CCCNCC(CC1CCC(C)(C)O1)c1cccc(Cl)c1. The molecule has 1 aliphatic rings. The second-order valence-corrected chi connectivity index (χ2v) is 7.17. The van der Waals surface area contributed by atoms with Crippen molar-refractivity contribution >= 4 is 11.6 Å². The molecule has 0 spiro atoms. The van der Waals surface area contributed by atoms with Gasteiger partial charge in [0, 0.05) is 11.6 Å². The highest BCUT2D eigenvalue weighted by Crippen LogP contribution is 2.35. The van der Waals surface area contributed by atoms with Crippen molar-refractivity contribution in [2.24, 2.45) is 0 Å². The summed E-state index contributed by atoms with van der Waals surface area (Å²) in [6.45, 7) is 8.64. The number of nitrogens with one attached hydrogen (secondary N) is 1. The second-order valence-electron chi connectivity index (χ2n) is 6.73. The number of benzene rings is 1. The quantitative estimate of drug-likeness (QED) is 0.732. The molecule has 2 unspecified atom stereocenters. The number of halogens is 1. The predicted octanol–water partition coefficient (Wildman–Crippen LogP) is 4.77. The van der Waals surface area contributed by atoms with Gasteiger partial charge in [-0.25, -0.2) is 0 Å². The highest BCUT2D eigenvalue weighted by molar-refractivity contribution is 6.30. The van der Waals surface area contributed by atoms with Gasteiger partial charge in [-0.05, 0) is 69.7 Å². The first kappa shape index (κ1) is 16.8. The van der Waals surface area contributed by atoms with E-state index in [1.54, 1.807) is 0 Å². The molecule has 1 aromatic carbocycles. The van der Waals surface area contributed by atoms with Crippen LogP contribution in [0.5, 0.6) is 0 Å². The van der Waals surface area contributed by atoms with Gasteiger partial charge in [-0.2, -0.15) is 0 Å². The molecule has 0 radical (unpaired) electrons. The molecule has 2 nitrogen and oxygen atoms in total. The third-order valence-corrected chi connectivity index (χ3v) is 4.47. The number of hydrogen-bond acceptors (Lipinski definition) is 2. The fourth-order valence-electron chi connectivity index (χ4n) is 3.11. The van der Waals surface area contributed by atoms with Gasteiger partial charge in [0.2, 0.25) is 0 Å². The van der Waals surface area contributed by atoms with Crippen molar-refractivity contribution in [2.45, 2.75) is 64.1 Å². The Balaban J connectivity index is 2.02. The van der Waals surface area contributed by atoms with E-state index in [9.17, 15) is 0 Å². The highest BCUT2D eigenvalue weighted by atomic mass is 35.5. The maximum Gasteiger partial charge on any atom is 0.0631 e. The van der Waals surface area contributed by atoms with Crippen molar-refractivity contribution in [2.75, 3.05) is 13.1 Å². The topological polar surface area (TPSA) is 21.3 Å². The summed E-state index contributed by atoms with van der Waals surface area (Å²) in [5.74, 6) is 0.467. The van der Waals surface area contributed by atoms with Crippen molar-refractivity contribution in [1.29, 1.82) is 0 Å². The Bertz CT molecular complexity index is 447. The van der Waals surface area contributed by atoms with Gasteiger partial charge in [0.25, 0.3) is 0 Å². The second kappa shape index (κ2) is 7.62. The summed E-state index contributed by atoms with van der Waals surface area (Å²) in [6.07, 6.45) is 4.92. The molecule has 2 rings (SSSR count). The van der Waals surface area contributed by atoms with Gasteiger partial charge in [0.15, 0.2) is 0 Å². The van der Waals surface area contributed by atoms with Gasteiger partial charge < -0.3 is 10.1 Å². The van der Waals surface area contributed by atoms with Gasteiger partial charge in [-0.15, -0.1) is 0 Å². The van der Waals surface area contributed by atoms with Crippen molar-refractivity contribution in [1.82, 2.24) is 5.32 Å². The van der Waals surface area contributed by atoms with Crippen LogP contribution in [0.15, 0.2) is 24.3 Å². The molecule has 0 aromatic heterocycles. The van der Waals surface area contributed by atoms with Gasteiger partial charge in [0.1, 0.15) is 0 Å². The first-order valence-corrected chi connectivity index (χ1v) is 8.52. The molecule has 1 aromatic rings. The minimum Gasteiger partial charge on any atom is -0.372 e. The van der Waals surface area contributed by atoms with Crippen LogP contribution in [-0.2, 0) is 4.74 Å². The zero-order chi connectivity index (χ0) is 15.3. The Morgan fingerprint density at radius 1 is 1.43 bits per heavy atom. The molecule has 1 heterocycles. The zero-order valence-corrected chi connectivity index (χ0v) is 14.2. The lowest BCUT2D eigenvalue weighted by molar-refractivity contribution is -0.0209. The smallest absolute Gasteiger partial charge is 0.0631 e. The molecule has 0 amide bonds. The maximum atomic E-state index is 6.18. The van der Waals surface area contributed by atoms with Gasteiger partial charge in [0.05, 0.1) is 11.7 Å². The van der Waals surface area contributed by atoms with Crippen LogP contribution in [0, 0.1) is 0 Å². The van der Waals surface area contributed by atoms with E-state index in [-0.39, 0.29) is 5.60 Å². The molecule has 3 heteroatoms. The molecule has 1 N–H and O–H groups in total. The first-order chi connectivity index (χ1) is 10.00. The number of hydrogen-bond donors (Lipinski definition) is 1. The average Bonchev–Trinajstić information content (AvgIpc) is 2.77. The summed E-state index contributed by atoms with van der Waals surface area (Å²) in [5, 5.41) is 4.37. The van der Waals surface area contributed by atoms with Crippen LogP contribution in [-0.4, -0.2) is 24.8 Å². The van der Waals surface area contributed by atoms with Gasteiger partial charge in [-0.3, -0.25) is 0 Å². The molecule has 1 saturated heterocycles. The van der Waals surface area contributed by atoms with Crippen molar-refractivity contribution in [3.05, 3.63) is 34.9 Å². The van der Waals surface area contributed by atoms with E-state index in [1.165, 1.54) is 5.56 Å². The van der Waals surface area contributed by atoms with Crippen LogP contribution >= 0.6 is 11.6 Å². The molecule has 0 bridgehead atoms. The predicted molar refractivity (Wildman–Crippen MR) is 90.2 cm³/mol. The lowest BCUT2D eigenvalue weighted by atomic mass is 9.91. The lowest BCUT2D eigenvalue weighted by Crippen LogP contribution is -2.26. The molecule has 1 aliphatic heterocycles. The Morgan fingerprint density at radius 2 is 2.24 bits per heavy atom. The Hall–Kier alpha value is -0.570. The lowest BCUT2D eigenvalue weighted by Gasteiger charge is -2.24. The van der Waals surface area contributed by atoms with E-state index < -0.39 is 0 Å². The largest absolute Gasteiger partial charge is 0.372 e. The Labute approximate surface area is 134 Å². The summed E-state index contributed by atoms with van der Waals surface area (Å²) in [5.41, 5.74) is 1.36. The minimum atomic E-state index is 0.0421. The fourth-order valence-corrected chi connectivity index (χ4v) is 3.31. The number of ether oxygens (including phenoxy) is 1. The average molecular weight is 310 g/mol. The Morgan fingerprint density at radius 3 is 2.86 bits per heavy atom. The normalized spacial score (nSPS) is 22.4. The fraction of sp³-hybridized carbons (Fsp3) is 0.667. The van der Waals surface area contributed by atoms with Crippen molar-refractivity contribution in [3.63, 3.8) is 0 Å². The monoisotopic (exact) mass is 309 g/mol. The highest BCUT2D eigenvalue weighted by Gasteiger charge is 2.33. The van der Waals surface area contributed by atoms with E-state index >= 15 is 0 Å². The molecule has 21 heavy (non-hydrogen) atoms. The van der Waals surface area contributed by atoms with Crippen LogP contribution in [0.25, 0.3) is 0 Å². The van der Waals surface area contributed by atoms with Crippen LogP contribution in [0.3, 0.4) is 0 Å². The van der Waals surface area contributed by atoms with Crippen molar-refractivity contribution in [3.8, 4) is 0 Å². The van der Waals surface area contributed by atoms with Gasteiger partial charge in [-0.1, -0.05) is 30.7 Å². The molecule has 0 saturated carbocycles. The standard InChI is InChI=1S/C18H28ClNO/c1-4-10-20-13-15(14-6-5-7-16(19)11-14)12-17-8-9-18(2,3)21-17/h5-7,11,15,17,20H,4,8-10,12-13H2,1-3H3. The summed E-state index contributed by atoms with van der Waals surface area (Å²) in [6, 6.07) is 8.27. The summed E-state index contributed by atoms with van der Waals surface area (Å²) < 4.78 is 6.18. The molecule has 0 aliphatic carbocycles. The van der Waals surface area contributed by atoms with E-state index in [4.69, 9.17) is 16.3 Å². The third-order valence-electron chi connectivity index (χ3n) is 4.24. The third kappa shape index (κ3) is 5.28. The van der Waals surface area contributed by atoms with Crippen LogP contribution in [0.2, 0.25) is 5.02 Å². The Kier molecular flexibility index (Phi) is 6.09. The molecule has 1 fully saturated rings. The molecular weight excluding hydrogens is 282 g/mol. The van der Waals surface area contributed by atoms with Crippen LogP contribution in [0.1, 0.15) is 57.9 Å². The summed E-state index contributed by atoms with van der Waals surface area (Å²) >= 11 is 6.16. The summed E-state index contributed by atoms with van der Waals surface area (Å²) in [4.78, 5) is 0. The molecular formula is C18H28ClNO. The van der Waals surface area contributed by atoms with Crippen LogP contribution in [0.4, 0.5) is 0 Å². The minimum absolute atomic E-state index is 0.0421. The molecule has 2 atom stereocenters. The number of rotatable bonds is 7. The van der Waals surface area contributed by atoms with E-state index in [1.807, 2.05) is 12.1 Å². The van der Waals surface area contributed by atoms with Crippen LogP contribution < -0.4 is 5.32 Å². The van der Waals surface area contributed by atoms with Crippen molar-refractivity contribution < 1.29 is 4.74 Å². The van der Waals surface area contributed by atoms with E-state index in [0.29, 0.717) is 12.0 Å². The van der Waals surface area contributed by atoms with Gasteiger partial charge >= 0.3 is 0 Å². The maximum absolute atomic E-state index is 6.18. The summed E-state index contributed by atoms with van der Waals surface area (Å²) in [7, 11) is 0.